The summed E-state index contributed by atoms with van der Waals surface area (Å²) in [6.07, 6.45) is -0.836. The minimum absolute atomic E-state index is 0.0145. The lowest BCUT2D eigenvalue weighted by atomic mass is 10.1. The number of aliphatic hydroxyl groups is 3. The first-order chi connectivity index (χ1) is 11.9. The Bertz CT molecular complexity index is 792. The van der Waals surface area contributed by atoms with E-state index in [1.165, 1.54) is 10.9 Å². The molecule has 1 saturated heterocycles. The molecule has 0 saturated carbocycles. The molecule has 1 aliphatic rings. The second-order valence-corrected chi connectivity index (χ2v) is 6.39. The van der Waals surface area contributed by atoms with Crippen molar-refractivity contribution in [2.75, 3.05) is 18.5 Å². The van der Waals surface area contributed by atoms with Gasteiger partial charge in [0.05, 0.1) is 12.9 Å². The highest BCUT2D eigenvalue weighted by molar-refractivity contribution is 6.28. The van der Waals surface area contributed by atoms with Crippen molar-refractivity contribution in [2.45, 2.75) is 38.4 Å². The first-order valence-corrected chi connectivity index (χ1v) is 8.20. The van der Waals surface area contributed by atoms with Crippen LogP contribution in [0.4, 0.5) is 5.82 Å². The standard InChI is InChI=1S/C15H20ClN5O4/c1-7(2)3-4-17-12-9-13(20-15(16)19-12)21(6-18-9)14-11(24)10(23)8(5-22)25-14/h3,6,8,10-11,14,22-24H,4-5H2,1-2H3,(H,17,19,20)/t8-,10-,11-,14-/m1/s1. The zero-order valence-corrected chi connectivity index (χ0v) is 14.6. The summed E-state index contributed by atoms with van der Waals surface area (Å²) < 4.78 is 6.99. The number of imidazole rings is 1. The fourth-order valence-electron chi connectivity index (χ4n) is 2.66. The Hall–Kier alpha value is -1.78. The van der Waals surface area contributed by atoms with Crippen molar-refractivity contribution in [3.63, 3.8) is 0 Å². The summed E-state index contributed by atoms with van der Waals surface area (Å²) in [5.41, 5.74) is 1.97. The molecular weight excluding hydrogens is 350 g/mol. The van der Waals surface area contributed by atoms with Crippen LogP contribution in [0.25, 0.3) is 11.2 Å². The van der Waals surface area contributed by atoms with Gasteiger partial charge in [-0.25, -0.2) is 4.98 Å². The van der Waals surface area contributed by atoms with E-state index in [0.717, 1.165) is 5.57 Å². The third-order valence-corrected chi connectivity index (χ3v) is 4.13. The third kappa shape index (κ3) is 3.46. The van der Waals surface area contributed by atoms with Crippen LogP contribution >= 0.6 is 11.6 Å². The average Bonchev–Trinajstić information content (AvgIpc) is 3.09. The first kappa shape index (κ1) is 18.0. The highest BCUT2D eigenvalue weighted by Crippen LogP contribution is 2.32. The molecule has 0 bridgehead atoms. The van der Waals surface area contributed by atoms with Crippen molar-refractivity contribution in [3.8, 4) is 0 Å². The van der Waals surface area contributed by atoms with Crippen LogP contribution in [0, 0.1) is 0 Å². The van der Waals surface area contributed by atoms with Gasteiger partial charge in [0, 0.05) is 6.54 Å². The molecule has 0 unspecified atom stereocenters. The smallest absolute Gasteiger partial charge is 0.226 e. The number of nitrogens with one attached hydrogen (secondary N) is 1. The number of halogens is 1. The number of aliphatic hydroxyl groups excluding tert-OH is 3. The third-order valence-electron chi connectivity index (χ3n) is 3.97. The van der Waals surface area contributed by atoms with Gasteiger partial charge in [-0.2, -0.15) is 9.97 Å². The molecule has 4 N–H and O–H groups in total. The van der Waals surface area contributed by atoms with E-state index in [1.54, 1.807) is 0 Å². The predicted molar refractivity (Wildman–Crippen MR) is 91.3 cm³/mol. The summed E-state index contributed by atoms with van der Waals surface area (Å²) >= 11 is 6.01. The summed E-state index contributed by atoms with van der Waals surface area (Å²) in [4.78, 5) is 12.6. The van der Waals surface area contributed by atoms with Crippen LogP contribution in [-0.4, -0.2) is 66.3 Å². The topological polar surface area (TPSA) is 126 Å². The van der Waals surface area contributed by atoms with E-state index in [9.17, 15) is 15.3 Å². The number of hydrogen-bond acceptors (Lipinski definition) is 8. The van der Waals surface area contributed by atoms with Gasteiger partial charge in [-0.3, -0.25) is 4.57 Å². The van der Waals surface area contributed by atoms with Crippen molar-refractivity contribution >= 4 is 28.6 Å². The van der Waals surface area contributed by atoms with Crippen LogP contribution in [0.3, 0.4) is 0 Å². The Kier molecular flexibility index (Phi) is 5.21. The van der Waals surface area contributed by atoms with Gasteiger partial charge < -0.3 is 25.4 Å². The summed E-state index contributed by atoms with van der Waals surface area (Å²) in [6.45, 7) is 4.11. The van der Waals surface area contributed by atoms with Crippen LogP contribution in [-0.2, 0) is 4.74 Å². The molecule has 1 aliphatic heterocycles. The Balaban J connectivity index is 1.96. The van der Waals surface area contributed by atoms with Crippen LogP contribution in [0.1, 0.15) is 20.1 Å². The lowest BCUT2D eigenvalue weighted by Crippen LogP contribution is -2.33. The van der Waals surface area contributed by atoms with Gasteiger partial charge >= 0.3 is 0 Å². The Morgan fingerprint density at radius 2 is 2.12 bits per heavy atom. The molecule has 2 aromatic heterocycles. The summed E-state index contributed by atoms with van der Waals surface area (Å²) in [6, 6.07) is 0. The number of nitrogens with zero attached hydrogens (tertiary/aromatic N) is 4. The monoisotopic (exact) mass is 369 g/mol. The van der Waals surface area contributed by atoms with Crippen molar-refractivity contribution in [1.29, 1.82) is 0 Å². The summed E-state index contributed by atoms with van der Waals surface area (Å²) in [7, 11) is 0. The lowest BCUT2D eigenvalue weighted by molar-refractivity contribution is -0.0511. The molecule has 10 heteroatoms. The van der Waals surface area contributed by atoms with Gasteiger partial charge in [0.15, 0.2) is 23.2 Å². The molecule has 3 rings (SSSR count). The summed E-state index contributed by atoms with van der Waals surface area (Å²) in [5.74, 6) is 0.456. The highest BCUT2D eigenvalue weighted by Gasteiger charge is 2.44. The van der Waals surface area contributed by atoms with E-state index < -0.39 is 31.1 Å². The van der Waals surface area contributed by atoms with E-state index in [0.29, 0.717) is 23.5 Å². The molecule has 0 amide bonds. The quantitative estimate of drug-likeness (QED) is 0.442. The van der Waals surface area contributed by atoms with Gasteiger partial charge in [-0.05, 0) is 25.4 Å². The van der Waals surface area contributed by atoms with Crippen molar-refractivity contribution < 1.29 is 20.1 Å². The van der Waals surface area contributed by atoms with Gasteiger partial charge in [-0.1, -0.05) is 11.6 Å². The van der Waals surface area contributed by atoms with Crippen LogP contribution in [0.15, 0.2) is 18.0 Å². The molecular formula is C15H20ClN5O4. The molecule has 0 aliphatic carbocycles. The van der Waals surface area contributed by atoms with Crippen LogP contribution < -0.4 is 5.32 Å². The minimum Gasteiger partial charge on any atom is -0.394 e. The number of rotatable bonds is 5. The second kappa shape index (κ2) is 7.22. The largest absolute Gasteiger partial charge is 0.394 e. The molecule has 136 valence electrons. The normalized spacial score (nSPS) is 26.2. The highest BCUT2D eigenvalue weighted by atomic mass is 35.5. The fourth-order valence-corrected chi connectivity index (χ4v) is 2.83. The Morgan fingerprint density at radius 1 is 1.36 bits per heavy atom. The van der Waals surface area contributed by atoms with E-state index in [4.69, 9.17) is 16.3 Å². The first-order valence-electron chi connectivity index (χ1n) is 7.82. The predicted octanol–water partition coefficient (Wildman–Crippen LogP) is 0.469. The Labute approximate surface area is 148 Å². The second-order valence-electron chi connectivity index (χ2n) is 6.06. The van der Waals surface area contributed by atoms with E-state index in [-0.39, 0.29) is 5.28 Å². The average molecular weight is 370 g/mol. The van der Waals surface area contributed by atoms with Crippen molar-refractivity contribution in [2.24, 2.45) is 0 Å². The molecule has 1 fully saturated rings. The van der Waals surface area contributed by atoms with E-state index in [1.807, 2.05) is 19.9 Å². The lowest BCUT2D eigenvalue weighted by Gasteiger charge is -2.16. The van der Waals surface area contributed by atoms with E-state index >= 15 is 0 Å². The molecule has 0 aromatic carbocycles. The number of aromatic nitrogens is 4. The van der Waals surface area contributed by atoms with Crippen LogP contribution in [0.5, 0.6) is 0 Å². The summed E-state index contributed by atoms with van der Waals surface area (Å²) in [5, 5.41) is 32.5. The SMILES string of the molecule is CC(C)=CCNc1nc(Cl)nc2c1ncn2[C@@H]1O[C@H](CO)[C@@H](O)[C@H]1O. The number of allylic oxidation sites excluding steroid dienone is 1. The van der Waals surface area contributed by atoms with Gasteiger partial charge in [-0.15, -0.1) is 0 Å². The van der Waals surface area contributed by atoms with Gasteiger partial charge in [0.1, 0.15) is 18.3 Å². The Morgan fingerprint density at radius 3 is 2.76 bits per heavy atom. The maximum atomic E-state index is 10.2. The zero-order chi connectivity index (χ0) is 18.1. The molecule has 25 heavy (non-hydrogen) atoms. The molecule has 0 spiro atoms. The molecule has 9 nitrogen and oxygen atoms in total. The zero-order valence-electron chi connectivity index (χ0n) is 13.8. The molecule has 0 radical (unpaired) electrons. The van der Waals surface area contributed by atoms with Gasteiger partial charge in [0.25, 0.3) is 0 Å². The number of hydrogen-bond donors (Lipinski definition) is 4. The maximum absolute atomic E-state index is 10.2. The number of ether oxygens (including phenoxy) is 1. The van der Waals surface area contributed by atoms with Crippen LogP contribution in [0.2, 0.25) is 5.28 Å². The van der Waals surface area contributed by atoms with Crippen molar-refractivity contribution in [1.82, 2.24) is 19.5 Å². The van der Waals surface area contributed by atoms with Gasteiger partial charge in [0.2, 0.25) is 5.28 Å². The number of anilines is 1. The van der Waals surface area contributed by atoms with E-state index in [2.05, 4.69) is 20.3 Å². The fraction of sp³-hybridized carbons (Fsp3) is 0.533. The number of fused-ring (bicyclic) bond motifs is 1. The maximum Gasteiger partial charge on any atom is 0.226 e. The molecule has 2 aromatic rings. The minimum atomic E-state index is -1.23. The van der Waals surface area contributed by atoms with Crippen molar-refractivity contribution in [3.05, 3.63) is 23.3 Å². The molecule has 3 heterocycles. The molecule has 4 atom stereocenters.